The first-order valence-corrected chi connectivity index (χ1v) is 23.4. The number of rotatable bonds is 6. The van der Waals surface area contributed by atoms with Crippen LogP contribution in [0.2, 0.25) is 0 Å². The number of benzene rings is 10. The van der Waals surface area contributed by atoms with E-state index in [0.717, 1.165) is 28.4 Å². The minimum Gasteiger partial charge on any atom is -0.310 e. The molecule has 2 aliphatic carbocycles. The summed E-state index contributed by atoms with van der Waals surface area (Å²) in [5.41, 5.74) is 22.8. The van der Waals surface area contributed by atoms with Crippen LogP contribution >= 0.6 is 0 Å². The molecule has 1 atom stereocenters. The van der Waals surface area contributed by atoms with Crippen molar-refractivity contribution in [3.8, 4) is 27.9 Å². The van der Waals surface area contributed by atoms with Gasteiger partial charge >= 0.3 is 0 Å². The normalized spacial score (nSPS) is 15.8. The Morgan fingerprint density at radius 1 is 0.358 bits per heavy atom. The van der Waals surface area contributed by atoms with Crippen LogP contribution in [-0.4, -0.2) is 4.57 Å². The highest BCUT2D eigenvalue weighted by molar-refractivity contribution is 6.11. The molecule has 11 aromatic rings. The molecule has 14 rings (SSSR count). The molecule has 3 heteroatoms. The Hall–Kier alpha value is -8.40. The first-order chi connectivity index (χ1) is 33.0. The van der Waals surface area contributed by atoms with Gasteiger partial charge in [0.2, 0.25) is 0 Å². The Morgan fingerprint density at radius 3 is 1.67 bits per heavy atom. The quantitative estimate of drug-likeness (QED) is 0.165. The van der Waals surface area contributed by atoms with Crippen molar-refractivity contribution in [2.45, 2.75) is 24.7 Å². The van der Waals surface area contributed by atoms with E-state index in [1.165, 1.54) is 88.8 Å². The summed E-state index contributed by atoms with van der Waals surface area (Å²) in [7, 11) is 0. The second kappa shape index (κ2) is 14.1. The highest BCUT2D eigenvalue weighted by Gasteiger charge is 2.52. The Kier molecular flexibility index (Phi) is 7.95. The van der Waals surface area contributed by atoms with E-state index in [1.807, 2.05) is 0 Å². The predicted molar refractivity (Wildman–Crippen MR) is 279 cm³/mol. The monoisotopic (exact) mass is 855 g/mol. The van der Waals surface area contributed by atoms with Crippen LogP contribution in [-0.2, 0) is 10.8 Å². The summed E-state index contributed by atoms with van der Waals surface area (Å²) >= 11 is 0. The van der Waals surface area contributed by atoms with Gasteiger partial charge in [0, 0.05) is 50.2 Å². The van der Waals surface area contributed by atoms with Crippen molar-refractivity contribution in [1.82, 2.24) is 4.57 Å². The maximum atomic E-state index is 2.52. The minimum absolute atomic E-state index is 0.162. The molecule has 0 amide bonds. The molecule has 316 valence electrons. The number of fused-ring (bicyclic) bond motifs is 11. The van der Waals surface area contributed by atoms with Crippen molar-refractivity contribution in [2.75, 3.05) is 9.80 Å². The van der Waals surface area contributed by atoms with Gasteiger partial charge < -0.3 is 14.4 Å². The van der Waals surface area contributed by atoms with Gasteiger partial charge in [-0.15, -0.1) is 0 Å². The molecule has 1 aliphatic heterocycles. The second-order valence-electron chi connectivity index (χ2n) is 18.9. The van der Waals surface area contributed by atoms with Crippen molar-refractivity contribution in [2.24, 2.45) is 0 Å². The Bertz CT molecular complexity index is 3790. The van der Waals surface area contributed by atoms with Crippen LogP contribution in [0.1, 0.15) is 47.2 Å². The maximum absolute atomic E-state index is 2.52. The molecule has 0 N–H and O–H groups in total. The van der Waals surface area contributed by atoms with E-state index < -0.39 is 5.41 Å². The molecular weight excluding hydrogens is 811 g/mol. The van der Waals surface area contributed by atoms with Gasteiger partial charge in [-0.25, -0.2) is 0 Å². The number of para-hydroxylation sites is 4. The fraction of sp³-hybridized carbons (Fsp3) is 0.0625. The van der Waals surface area contributed by atoms with E-state index in [0.29, 0.717) is 0 Å². The minimum atomic E-state index is -0.583. The van der Waals surface area contributed by atoms with Crippen LogP contribution in [0.15, 0.2) is 237 Å². The molecule has 2 heterocycles. The van der Waals surface area contributed by atoms with E-state index >= 15 is 0 Å². The smallest absolute Gasteiger partial charge is 0.0755 e. The van der Waals surface area contributed by atoms with Crippen LogP contribution in [0.25, 0.3) is 49.7 Å². The first kappa shape index (κ1) is 37.9. The van der Waals surface area contributed by atoms with Gasteiger partial charge in [-0.2, -0.15) is 0 Å². The third-order valence-electron chi connectivity index (χ3n) is 15.1. The van der Waals surface area contributed by atoms with E-state index in [2.05, 4.69) is 265 Å². The van der Waals surface area contributed by atoms with E-state index in [1.54, 1.807) is 0 Å². The first-order valence-electron chi connectivity index (χ1n) is 23.4. The number of anilines is 6. The fourth-order valence-corrected chi connectivity index (χ4v) is 12.3. The molecule has 3 aliphatic rings. The molecule has 3 nitrogen and oxygen atoms in total. The van der Waals surface area contributed by atoms with Gasteiger partial charge in [0.15, 0.2) is 0 Å². The van der Waals surface area contributed by atoms with E-state index in [9.17, 15) is 0 Å². The molecule has 67 heavy (non-hydrogen) atoms. The molecule has 10 aromatic carbocycles. The molecule has 0 fully saturated rings. The third kappa shape index (κ3) is 5.17. The van der Waals surface area contributed by atoms with E-state index in [4.69, 9.17) is 0 Å². The summed E-state index contributed by atoms with van der Waals surface area (Å²) in [6.45, 7) is 4.76. The highest BCUT2D eigenvalue weighted by Crippen LogP contribution is 2.65. The lowest BCUT2D eigenvalue weighted by atomic mass is 9.65. The summed E-state index contributed by atoms with van der Waals surface area (Å²) in [5, 5.41) is 2.45. The van der Waals surface area contributed by atoms with Gasteiger partial charge in [0.1, 0.15) is 0 Å². The Balaban J connectivity index is 1.05. The van der Waals surface area contributed by atoms with Crippen molar-refractivity contribution in [3.05, 3.63) is 270 Å². The van der Waals surface area contributed by atoms with Crippen LogP contribution in [0.3, 0.4) is 0 Å². The van der Waals surface area contributed by atoms with Crippen molar-refractivity contribution in [1.29, 1.82) is 0 Å². The van der Waals surface area contributed by atoms with Gasteiger partial charge in [-0.3, -0.25) is 0 Å². The Morgan fingerprint density at radius 2 is 0.896 bits per heavy atom. The number of aromatic nitrogens is 1. The summed E-state index contributed by atoms with van der Waals surface area (Å²) in [6.07, 6.45) is 0. The van der Waals surface area contributed by atoms with Gasteiger partial charge in [-0.05, 0) is 135 Å². The molecule has 0 radical (unpaired) electrons. The van der Waals surface area contributed by atoms with Gasteiger partial charge in [-0.1, -0.05) is 166 Å². The van der Waals surface area contributed by atoms with Gasteiger partial charge in [0.05, 0.1) is 27.8 Å². The molecule has 1 aromatic heterocycles. The predicted octanol–water partition coefficient (Wildman–Crippen LogP) is 16.7. The molecular formula is C64H45N3. The van der Waals surface area contributed by atoms with E-state index in [-0.39, 0.29) is 5.41 Å². The molecule has 0 bridgehead atoms. The van der Waals surface area contributed by atoms with Crippen molar-refractivity contribution >= 4 is 55.9 Å². The van der Waals surface area contributed by atoms with Crippen LogP contribution in [0.4, 0.5) is 34.1 Å². The van der Waals surface area contributed by atoms with Crippen molar-refractivity contribution in [3.63, 3.8) is 0 Å². The zero-order chi connectivity index (χ0) is 44.4. The lowest BCUT2D eigenvalue weighted by Crippen LogP contribution is -2.36. The highest BCUT2D eigenvalue weighted by atomic mass is 15.2. The summed E-state index contributed by atoms with van der Waals surface area (Å²) < 4.78 is 2.40. The number of hydrogen-bond donors (Lipinski definition) is 0. The Labute approximate surface area is 391 Å². The maximum Gasteiger partial charge on any atom is 0.0755 e. The largest absolute Gasteiger partial charge is 0.310 e. The fourth-order valence-electron chi connectivity index (χ4n) is 12.3. The number of nitrogens with zero attached hydrogens (tertiary/aromatic N) is 3. The van der Waals surface area contributed by atoms with Crippen LogP contribution in [0, 0.1) is 0 Å². The lowest BCUT2D eigenvalue weighted by Gasteiger charge is -2.44. The molecule has 0 saturated carbocycles. The summed E-state index contributed by atoms with van der Waals surface area (Å²) in [6, 6.07) is 88.1. The molecule has 0 spiro atoms. The zero-order valence-electron chi connectivity index (χ0n) is 37.4. The third-order valence-corrected chi connectivity index (χ3v) is 15.1. The molecule has 1 unspecified atom stereocenters. The standard InChI is InChI=1S/C64H45N3/c1-63(2)54-28-14-12-25-48(54)49-36-33-46(40-56(49)63)65(45-35-38-59-53(39-45)51-26-13-16-30-58(51)66(59)43-21-8-4-9-22-43)47-34-37-50-52-27-18-32-61-62(52)64(57(50)41-47,42-19-6-3-7-20-42)55-29-15-17-31-60(55)67(61)44-23-10-5-11-24-44/h3-41H,1-2H3. The summed E-state index contributed by atoms with van der Waals surface area (Å²) in [5.74, 6) is 0. The average molecular weight is 856 g/mol. The van der Waals surface area contributed by atoms with Crippen LogP contribution in [0.5, 0.6) is 0 Å². The van der Waals surface area contributed by atoms with Gasteiger partial charge in [0.25, 0.3) is 0 Å². The lowest BCUT2D eigenvalue weighted by molar-refractivity contribution is 0.660. The molecule has 0 saturated heterocycles. The number of hydrogen-bond acceptors (Lipinski definition) is 2. The zero-order valence-corrected chi connectivity index (χ0v) is 37.4. The second-order valence-corrected chi connectivity index (χ2v) is 18.9. The van der Waals surface area contributed by atoms with Crippen molar-refractivity contribution < 1.29 is 0 Å². The van der Waals surface area contributed by atoms with Crippen LogP contribution < -0.4 is 9.80 Å². The summed E-state index contributed by atoms with van der Waals surface area (Å²) in [4.78, 5) is 4.99. The topological polar surface area (TPSA) is 11.4 Å². The SMILES string of the molecule is CC1(C)c2ccccc2-c2ccc(N(c3ccc4c(c3)C3(c5ccccc5)c5ccccc5N(c5ccccc5)c5cccc-4c53)c3ccc4c(c3)c3ccccc3n4-c3ccccc3)cc21. The average Bonchev–Trinajstić information content (AvgIpc) is 3.96.